The van der Waals surface area contributed by atoms with Gasteiger partial charge in [-0.1, -0.05) is 30.3 Å². The number of hydrogen-bond acceptors (Lipinski definition) is 5. The van der Waals surface area contributed by atoms with E-state index >= 15 is 0 Å². The second kappa shape index (κ2) is 9.43. The summed E-state index contributed by atoms with van der Waals surface area (Å²) in [7, 11) is 3.04. The molecular formula is C22H26N2O5. The SMILES string of the molecule is COc1ccc(NC(=O)C(=O)NCC2(c3ccccc3)CCOCC2)cc1OC. The smallest absolute Gasteiger partial charge is 0.313 e. The van der Waals surface area contributed by atoms with E-state index in [1.54, 1.807) is 18.2 Å². The molecule has 0 spiro atoms. The van der Waals surface area contributed by atoms with Crippen LogP contribution in [0.3, 0.4) is 0 Å². The van der Waals surface area contributed by atoms with Crippen LogP contribution in [0.5, 0.6) is 11.5 Å². The molecule has 1 heterocycles. The van der Waals surface area contributed by atoms with Crippen LogP contribution in [0.15, 0.2) is 48.5 Å². The van der Waals surface area contributed by atoms with Gasteiger partial charge in [0.05, 0.1) is 14.2 Å². The molecule has 1 saturated heterocycles. The van der Waals surface area contributed by atoms with Gasteiger partial charge in [0, 0.05) is 36.9 Å². The van der Waals surface area contributed by atoms with Gasteiger partial charge in [-0.15, -0.1) is 0 Å². The van der Waals surface area contributed by atoms with Gasteiger partial charge in [-0.2, -0.15) is 0 Å². The van der Waals surface area contributed by atoms with E-state index in [0.717, 1.165) is 18.4 Å². The summed E-state index contributed by atoms with van der Waals surface area (Å²) >= 11 is 0. The van der Waals surface area contributed by atoms with Crippen molar-refractivity contribution in [2.24, 2.45) is 0 Å². The highest BCUT2D eigenvalue weighted by molar-refractivity contribution is 6.39. The van der Waals surface area contributed by atoms with Crippen molar-refractivity contribution in [1.82, 2.24) is 5.32 Å². The van der Waals surface area contributed by atoms with E-state index < -0.39 is 11.8 Å². The number of anilines is 1. The van der Waals surface area contributed by atoms with Gasteiger partial charge >= 0.3 is 11.8 Å². The molecule has 29 heavy (non-hydrogen) atoms. The molecule has 2 aromatic rings. The third kappa shape index (κ3) is 4.86. The fourth-order valence-electron chi connectivity index (χ4n) is 3.55. The summed E-state index contributed by atoms with van der Waals surface area (Å²) in [5.74, 6) is -0.399. The molecule has 154 valence electrons. The Morgan fingerprint density at radius 2 is 1.66 bits per heavy atom. The monoisotopic (exact) mass is 398 g/mol. The molecule has 2 N–H and O–H groups in total. The van der Waals surface area contributed by atoms with Gasteiger partial charge in [-0.25, -0.2) is 0 Å². The summed E-state index contributed by atoms with van der Waals surface area (Å²) < 4.78 is 15.9. The molecule has 0 radical (unpaired) electrons. The molecule has 0 aromatic heterocycles. The molecule has 0 atom stereocenters. The van der Waals surface area contributed by atoms with E-state index in [0.29, 0.717) is 36.9 Å². The van der Waals surface area contributed by atoms with E-state index in [4.69, 9.17) is 14.2 Å². The van der Waals surface area contributed by atoms with E-state index in [1.807, 2.05) is 18.2 Å². The third-order valence-electron chi connectivity index (χ3n) is 5.27. The van der Waals surface area contributed by atoms with Crippen molar-refractivity contribution in [3.63, 3.8) is 0 Å². The predicted molar refractivity (Wildman–Crippen MR) is 109 cm³/mol. The van der Waals surface area contributed by atoms with Crippen molar-refractivity contribution in [2.75, 3.05) is 39.3 Å². The number of benzene rings is 2. The topological polar surface area (TPSA) is 85.9 Å². The molecule has 2 amide bonds. The summed E-state index contributed by atoms with van der Waals surface area (Å²) in [5.41, 5.74) is 1.36. The second-order valence-electron chi connectivity index (χ2n) is 6.97. The molecule has 1 aliphatic heterocycles. The highest BCUT2D eigenvalue weighted by Crippen LogP contribution is 2.34. The first-order valence-corrected chi connectivity index (χ1v) is 9.52. The first kappa shape index (κ1) is 20.7. The minimum Gasteiger partial charge on any atom is -0.493 e. The van der Waals surface area contributed by atoms with Gasteiger partial charge in [0.15, 0.2) is 11.5 Å². The van der Waals surface area contributed by atoms with Crippen LogP contribution in [0.25, 0.3) is 0 Å². The number of carbonyl (C=O) groups excluding carboxylic acids is 2. The van der Waals surface area contributed by atoms with Gasteiger partial charge in [0.2, 0.25) is 0 Å². The Morgan fingerprint density at radius 1 is 0.966 bits per heavy atom. The van der Waals surface area contributed by atoms with Crippen LogP contribution in [0.1, 0.15) is 18.4 Å². The van der Waals surface area contributed by atoms with Gasteiger partial charge < -0.3 is 24.8 Å². The lowest BCUT2D eigenvalue weighted by molar-refractivity contribution is -0.136. The minimum absolute atomic E-state index is 0.237. The zero-order valence-corrected chi connectivity index (χ0v) is 16.7. The summed E-state index contributed by atoms with van der Waals surface area (Å²) in [5, 5.41) is 5.40. The first-order chi connectivity index (χ1) is 14.1. The lowest BCUT2D eigenvalue weighted by Gasteiger charge is -2.37. The van der Waals surface area contributed by atoms with Crippen molar-refractivity contribution in [2.45, 2.75) is 18.3 Å². The second-order valence-corrected chi connectivity index (χ2v) is 6.97. The van der Waals surface area contributed by atoms with E-state index in [1.165, 1.54) is 14.2 Å². The third-order valence-corrected chi connectivity index (χ3v) is 5.27. The van der Waals surface area contributed by atoms with Gasteiger partial charge in [0.1, 0.15) is 0 Å². The maximum Gasteiger partial charge on any atom is 0.313 e. The van der Waals surface area contributed by atoms with Crippen LogP contribution in [-0.2, 0) is 19.7 Å². The van der Waals surface area contributed by atoms with Crippen LogP contribution < -0.4 is 20.1 Å². The first-order valence-electron chi connectivity index (χ1n) is 9.52. The zero-order valence-electron chi connectivity index (χ0n) is 16.7. The molecule has 0 aliphatic carbocycles. The number of hydrogen-bond donors (Lipinski definition) is 2. The van der Waals surface area contributed by atoms with Crippen molar-refractivity contribution in [3.8, 4) is 11.5 Å². The van der Waals surface area contributed by atoms with Crippen molar-refractivity contribution >= 4 is 17.5 Å². The standard InChI is InChI=1S/C22H26N2O5/c1-27-18-9-8-17(14-19(18)28-2)24-21(26)20(25)23-15-22(10-12-29-13-11-22)16-6-4-3-5-7-16/h3-9,14H,10-13,15H2,1-2H3,(H,23,25)(H,24,26). The van der Waals surface area contributed by atoms with Crippen LogP contribution in [0.4, 0.5) is 5.69 Å². The van der Waals surface area contributed by atoms with Crippen LogP contribution in [0, 0.1) is 0 Å². The highest BCUT2D eigenvalue weighted by Gasteiger charge is 2.35. The van der Waals surface area contributed by atoms with Crippen molar-refractivity contribution in [3.05, 3.63) is 54.1 Å². The Labute approximate surface area is 170 Å². The number of rotatable bonds is 6. The minimum atomic E-state index is -0.729. The van der Waals surface area contributed by atoms with Crippen molar-refractivity contribution in [1.29, 1.82) is 0 Å². The fraction of sp³-hybridized carbons (Fsp3) is 0.364. The Kier molecular flexibility index (Phi) is 6.72. The number of nitrogens with one attached hydrogen (secondary N) is 2. The molecular weight excluding hydrogens is 372 g/mol. The average Bonchev–Trinajstić information content (AvgIpc) is 2.78. The van der Waals surface area contributed by atoms with Gasteiger partial charge in [-0.05, 0) is 30.5 Å². The number of ether oxygens (including phenoxy) is 3. The number of carbonyl (C=O) groups is 2. The predicted octanol–water partition coefficient (Wildman–Crippen LogP) is 2.51. The lowest BCUT2D eigenvalue weighted by atomic mass is 9.74. The molecule has 7 nitrogen and oxygen atoms in total. The molecule has 1 aliphatic rings. The Hall–Kier alpha value is -3.06. The molecule has 1 fully saturated rings. The Morgan fingerprint density at radius 3 is 2.31 bits per heavy atom. The quantitative estimate of drug-likeness (QED) is 0.731. The molecule has 3 rings (SSSR count). The largest absolute Gasteiger partial charge is 0.493 e. The normalized spacial score (nSPS) is 15.2. The average molecular weight is 398 g/mol. The molecule has 7 heteroatoms. The molecule has 0 unspecified atom stereocenters. The Balaban J connectivity index is 1.65. The molecule has 2 aromatic carbocycles. The van der Waals surface area contributed by atoms with E-state index in [-0.39, 0.29) is 5.41 Å². The zero-order chi connectivity index (χ0) is 20.7. The van der Waals surface area contributed by atoms with E-state index in [9.17, 15) is 9.59 Å². The summed E-state index contributed by atoms with van der Waals surface area (Å²) in [6.07, 6.45) is 1.57. The van der Waals surface area contributed by atoms with Crippen LogP contribution in [-0.4, -0.2) is 45.8 Å². The van der Waals surface area contributed by atoms with Crippen LogP contribution in [0.2, 0.25) is 0 Å². The van der Waals surface area contributed by atoms with Crippen molar-refractivity contribution < 1.29 is 23.8 Å². The summed E-state index contributed by atoms with van der Waals surface area (Å²) in [6.45, 7) is 1.63. The lowest BCUT2D eigenvalue weighted by Crippen LogP contribution is -2.47. The summed E-state index contributed by atoms with van der Waals surface area (Å²) in [4.78, 5) is 24.8. The molecule has 0 saturated carbocycles. The summed E-state index contributed by atoms with van der Waals surface area (Å²) in [6, 6.07) is 15.0. The van der Waals surface area contributed by atoms with Gasteiger partial charge in [0.25, 0.3) is 0 Å². The maximum absolute atomic E-state index is 12.4. The van der Waals surface area contributed by atoms with Crippen LogP contribution >= 0.6 is 0 Å². The van der Waals surface area contributed by atoms with Gasteiger partial charge in [-0.3, -0.25) is 9.59 Å². The Bertz CT molecular complexity index is 848. The highest BCUT2D eigenvalue weighted by atomic mass is 16.5. The fourth-order valence-corrected chi connectivity index (χ4v) is 3.55. The van der Waals surface area contributed by atoms with E-state index in [2.05, 4.69) is 22.8 Å². The number of methoxy groups -OCH3 is 2. The number of amides is 2. The molecule has 0 bridgehead atoms. The maximum atomic E-state index is 12.4.